The van der Waals surface area contributed by atoms with E-state index in [1.807, 2.05) is 0 Å². The maximum atomic E-state index is 12.6. The van der Waals surface area contributed by atoms with Gasteiger partial charge in [-0.15, -0.1) is 0 Å². The first-order chi connectivity index (χ1) is 15.5. The third-order valence-electron chi connectivity index (χ3n) is 4.51. The van der Waals surface area contributed by atoms with Gasteiger partial charge in [-0.1, -0.05) is 30.3 Å². The number of benzene rings is 1. The molecule has 0 aliphatic rings. The maximum absolute atomic E-state index is 12.6. The van der Waals surface area contributed by atoms with Crippen LogP contribution in [0.1, 0.15) is 18.9 Å². The molecule has 13 heteroatoms. The second kappa shape index (κ2) is 13.1. The molecular weight excluding hydrogens is 440 g/mol. The monoisotopic (exact) mass is 468 g/mol. The number of nitrogens with one attached hydrogen (secondary N) is 3. The van der Waals surface area contributed by atoms with Crippen molar-refractivity contribution in [2.24, 2.45) is 5.73 Å². The van der Waals surface area contributed by atoms with Crippen LogP contribution in [0.15, 0.2) is 30.3 Å². The highest BCUT2D eigenvalue weighted by atomic mass is 16.4. The Hall–Kier alpha value is -3.55. The molecule has 9 N–H and O–H groups in total. The molecule has 0 aliphatic carbocycles. The average molecular weight is 468 g/mol. The highest BCUT2D eigenvalue weighted by molar-refractivity contribution is 5.95. The van der Waals surface area contributed by atoms with Gasteiger partial charge in [0.05, 0.1) is 19.1 Å². The van der Waals surface area contributed by atoms with Crippen LogP contribution in [-0.2, 0) is 30.4 Å². The number of carbonyl (C=O) groups excluding carboxylic acids is 3. The van der Waals surface area contributed by atoms with Crippen LogP contribution in [-0.4, -0.2) is 87.0 Å². The van der Waals surface area contributed by atoms with Gasteiger partial charge in [0.2, 0.25) is 17.7 Å². The van der Waals surface area contributed by atoms with Gasteiger partial charge in [-0.05, 0) is 12.5 Å². The van der Waals surface area contributed by atoms with Gasteiger partial charge in [-0.2, -0.15) is 0 Å². The number of amides is 3. The zero-order valence-electron chi connectivity index (χ0n) is 17.8. The standard InChI is InChI=1S/C20H28N4O9/c1-10(26)16(24-17(29)12(21)9-25)19(31)22-13(8-15(27)28)18(30)23-14(20(32)33)7-11-5-3-2-4-6-11/h2-6,10,12-14,16,25-26H,7-9,21H2,1H3,(H,22,31)(H,23,30)(H,24,29)(H,27,28)(H,32,33). The number of hydrogen-bond donors (Lipinski definition) is 8. The van der Waals surface area contributed by atoms with Crippen LogP contribution in [0.4, 0.5) is 0 Å². The van der Waals surface area contributed by atoms with Crippen molar-refractivity contribution in [1.82, 2.24) is 16.0 Å². The van der Waals surface area contributed by atoms with Crippen LogP contribution in [0.5, 0.6) is 0 Å². The van der Waals surface area contributed by atoms with Gasteiger partial charge in [-0.3, -0.25) is 19.2 Å². The van der Waals surface area contributed by atoms with Crippen molar-refractivity contribution in [2.75, 3.05) is 6.61 Å². The topological polar surface area (TPSA) is 228 Å². The van der Waals surface area contributed by atoms with E-state index in [2.05, 4.69) is 16.0 Å². The molecular formula is C20H28N4O9. The number of carboxylic acids is 2. The predicted molar refractivity (Wildman–Crippen MR) is 113 cm³/mol. The molecule has 0 bridgehead atoms. The van der Waals surface area contributed by atoms with Gasteiger partial charge in [0, 0.05) is 6.42 Å². The van der Waals surface area contributed by atoms with Crippen molar-refractivity contribution in [3.05, 3.63) is 35.9 Å². The molecule has 0 saturated carbocycles. The first-order valence-corrected chi connectivity index (χ1v) is 9.90. The fourth-order valence-electron chi connectivity index (χ4n) is 2.72. The molecule has 0 aliphatic heterocycles. The lowest BCUT2D eigenvalue weighted by atomic mass is 10.0. The molecule has 5 unspecified atom stereocenters. The van der Waals surface area contributed by atoms with Crippen molar-refractivity contribution < 1.29 is 44.4 Å². The first-order valence-electron chi connectivity index (χ1n) is 9.90. The van der Waals surface area contributed by atoms with E-state index in [1.165, 1.54) is 0 Å². The molecule has 0 saturated heterocycles. The van der Waals surface area contributed by atoms with Crippen LogP contribution in [0.2, 0.25) is 0 Å². The molecule has 13 nitrogen and oxygen atoms in total. The van der Waals surface area contributed by atoms with E-state index in [0.717, 1.165) is 6.92 Å². The normalized spacial score (nSPS) is 15.3. The largest absolute Gasteiger partial charge is 0.481 e. The Morgan fingerprint density at radius 1 is 0.909 bits per heavy atom. The number of aliphatic hydroxyl groups is 2. The summed E-state index contributed by atoms with van der Waals surface area (Å²) in [4.78, 5) is 59.8. The molecule has 1 aromatic rings. The fourth-order valence-corrected chi connectivity index (χ4v) is 2.72. The van der Waals surface area contributed by atoms with E-state index >= 15 is 0 Å². The molecule has 5 atom stereocenters. The Morgan fingerprint density at radius 3 is 1.97 bits per heavy atom. The van der Waals surface area contributed by atoms with Crippen molar-refractivity contribution in [3.8, 4) is 0 Å². The highest BCUT2D eigenvalue weighted by Crippen LogP contribution is 2.05. The number of nitrogens with two attached hydrogens (primary N) is 1. The Kier molecular flexibility index (Phi) is 10.9. The quantitative estimate of drug-likeness (QED) is 0.146. The minimum absolute atomic E-state index is 0.0962. The Bertz CT molecular complexity index is 847. The zero-order chi connectivity index (χ0) is 25.1. The first kappa shape index (κ1) is 27.5. The lowest BCUT2D eigenvalue weighted by Gasteiger charge is -2.25. The molecule has 1 rings (SSSR count). The van der Waals surface area contributed by atoms with E-state index in [-0.39, 0.29) is 6.42 Å². The summed E-state index contributed by atoms with van der Waals surface area (Å²) in [7, 11) is 0. The third kappa shape index (κ3) is 9.22. The summed E-state index contributed by atoms with van der Waals surface area (Å²) in [5.74, 6) is -6.01. The van der Waals surface area contributed by atoms with Crippen LogP contribution >= 0.6 is 0 Å². The second-order valence-electron chi connectivity index (χ2n) is 7.26. The van der Waals surface area contributed by atoms with Gasteiger partial charge < -0.3 is 42.1 Å². The summed E-state index contributed by atoms with van der Waals surface area (Å²) in [6.07, 6.45) is -2.47. The summed E-state index contributed by atoms with van der Waals surface area (Å²) in [5.41, 5.74) is 5.95. The lowest BCUT2D eigenvalue weighted by molar-refractivity contribution is -0.143. The number of rotatable bonds is 13. The van der Waals surface area contributed by atoms with Crippen LogP contribution in [0, 0.1) is 0 Å². The molecule has 182 valence electrons. The fraction of sp³-hybridized carbons (Fsp3) is 0.450. The van der Waals surface area contributed by atoms with Crippen molar-refractivity contribution in [1.29, 1.82) is 0 Å². The summed E-state index contributed by atoms with van der Waals surface area (Å²) >= 11 is 0. The van der Waals surface area contributed by atoms with Gasteiger partial charge in [0.25, 0.3) is 0 Å². The van der Waals surface area contributed by atoms with Crippen molar-refractivity contribution >= 4 is 29.7 Å². The molecule has 0 heterocycles. The second-order valence-corrected chi connectivity index (χ2v) is 7.26. The number of carboxylic acid groups (broad SMARTS) is 2. The SMILES string of the molecule is CC(O)C(NC(=O)C(N)CO)C(=O)NC(CC(=O)O)C(=O)NC(Cc1ccccc1)C(=O)O. The predicted octanol–water partition coefficient (Wildman–Crippen LogP) is -3.06. The van der Waals surface area contributed by atoms with E-state index in [1.54, 1.807) is 30.3 Å². The van der Waals surface area contributed by atoms with Gasteiger partial charge in [0.15, 0.2) is 0 Å². The number of aliphatic hydroxyl groups excluding tert-OH is 2. The smallest absolute Gasteiger partial charge is 0.326 e. The molecule has 1 aromatic carbocycles. The van der Waals surface area contributed by atoms with Gasteiger partial charge >= 0.3 is 11.9 Å². The van der Waals surface area contributed by atoms with E-state index in [9.17, 15) is 34.2 Å². The summed E-state index contributed by atoms with van der Waals surface area (Å²) in [5, 5.41) is 43.7. The Balaban J connectivity index is 2.98. The summed E-state index contributed by atoms with van der Waals surface area (Å²) in [6.45, 7) is 0.420. The minimum atomic E-state index is -1.71. The Morgan fingerprint density at radius 2 is 1.48 bits per heavy atom. The molecule has 33 heavy (non-hydrogen) atoms. The zero-order valence-corrected chi connectivity index (χ0v) is 17.8. The molecule has 0 radical (unpaired) electrons. The van der Waals surface area contributed by atoms with Crippen LogP contribution < -0.4 is 21.7 Å². The minimum Gasteiger partial charge on any atom is -0.481 e. The molecule has 0 spiro atoms. The van der Waals surface area contributed by atoms with Crippen molar-refractivity contribution in [3.63, 3.8) is 0 Å². The lowest BCUT2D eigenvalue weighted by Crippen LogP contribution is -2.60. The van der Waals surface area contributed by atoms with Crippen LogP contribution in [0.3, 0.4) is 0 Å². The summed E-state index contributed by atoms with van der Waals surface area (Å²) in [6, 6.07) is 2.23. The number of carbonyl (C=O) groups is 5. The number of aliphatic carboxylic acids is 2. The maximum Gasteiger partial charge on any atom is 0.326 e. The Labute approximate surface area is 189 Å². The van der Waals surface area contributed by atoms with Crippen molar-refractivity contribution in [2.45, 2.75) is 50.0 Å². The van der Waals surface area contributed by atoms with Gasteiger partial charge in [-0.25, -0.2) is 4.79 Å². The molecule has 3 amide bonds. The van der Waals surface area contributed by atoms with Crippen LogP contribution in [0.25, 0.3) is 0 Å². The third-order valence-corrected chi connectivity index (χ3v) is 4.51. The van der Waals surface area contributed by atoms with E-state index in [4.69, 9.17) is 15.9 Å². The molecule has 0 aromatic heterocycles. The highest BCUT2D eigenvalue weighted by Gasteiger charge is 2.33. The van der Waals surface area contributed by atoms with E-state index < -0.39 is 73.0 Å². The molecule has 0 fully saturated rings. The van der Waals surface area contributed by atoms with E-state index in [0.29, 0.717) is 5.56 Å². The average Bonchev–Trinajstić information content (AvgIpc) is 2.75. The van der Waals surface area contributed by atoms with Gasteiger partial charge in [0.1, 0.15) is 24.2 Å². The summed E-state index contributed by atoms with van der Waals surface area (Å²) < 4.78 is 0. The number of hydrogen-bond acceptors (Lipinski definition) is 8.